The lowest BCUT2D eigenvalue weighted by Crippen LogP contribution is -2.43. The number of likely N-dealkylation sites (N-methyl/N-ethyl adjacent to an activating group) is 1. The summed E-state index contributed by atoms with van der Waals surface area (Å²) in [6, 6.07) is 5.25. The number of ether oxygens (including phenoxy) is 1. The molecule has 1 saturated heterocycles. The van der Waals surface area contributed by atoms with E-state index >= 15 is 0 Å². The third kappa shape index (κ3) is 3.49. The van der Waals surface area contributed by atoms with Crippen LogP contribution in [0.2, 0.25) is 0 Å². The Hall–Kier alpha value is -3.08. The smallest absolute Gasteiger partial charge is 0.254 e. The van der Waals surface area contributed by atoms with Crippen LogP contribution < -0.4 is 4.74 Å². The topological polar surface area (TPSA) is 91.5 Å². The summed E-state index contributed by atoms with van der Waals surface area (Å²) in [4.78, 5) is 28.7. The summed E-state index contributed by atoms with van der Waals surface area (Å²) in [6.07, 6.45) is 4.80. The molecule has 8 nitrogen and oxygen atoms in total. The second-order valence-corrected chi connectivity index (χ2v) is 8.88. The Morgan fingerprint density at radius 1 is 1.40 bits per heavy atom. The predicted molar refractivity (Wildman–Crippen MR) is 111 cm³/mol. The molecule has 2 heterocycles. The number of fused-ring (bicyclic) bond motifs is 1. The average Bonchev–Trinajstić information content (AvgIpc) is 3.15. The van der Waals surface area contributed by atoms with Gasteiger partial charge in [0.15, 0.2) is 0 Å². The highest BCUT2D eigenvalue weighted by Crippen LogP contribution is 2.43. The molecule has 0 radical (unpaired) electrons. The number of nitriles is 1. The lowest BCUT2D eigenvalue weighted by atomic mass is 10.1. The second kappa shape index (κ2) is 7.31. The van der Waals surface area contributed by atoms with Crippen molar-refractivity contribution < 1.29 is 14.3 Å². The van der Waals surface area contributed by atoms with Crippen molar-refractivity contribution in [2.24, 2.45) is 5.92 Å². The molecule has 1 aliphatic carbocycles. The zero-order valence-electron chi connectivity index (χ0n) is 17.9. The Kier molecular flexibility index (Phi) is 4.92. The van der Waals surface area contributed by atoms with Gasteiger partial charge in [-0.05, 0) is 44.2 Å². The van der Waals surface area contributed by atoms with Gasteiger partial charge in [0.05, 0.1) is 25.3 Å². The predicted octanol–water partition coefficient (Wildman–Crippen LogP) is 2.39. The lowest BCUT2D eigenvalue weighted by molar-refractivity contribution is -0.131. The summed E-state index contributed by atoms with van der Waals surface area (Å²) < 4.78 is 7.45. The molecule has 0 N–H and O–H groups in total. The minimum Gasteiger partial charge on any atom is -0.494 e. The molecule has 1 aromatic carbocycles. The van der Waals surface area contributed by atoms with E-state index in [2.05, 4.69) is 18.1 Å². The standard InChI is InChI=1S/C22H27N5O3/c1-14-7-17(10-23)26(11-14)19(28)13-25(3)21(29)15-8-16-12-27(22(2)5-6-22)24-20(16)18(9-15)30-4/h8-9,12,14,17H,5-7,11,13H2,1-4H3. The van der Waals surface area contributed by atoms with E-state index in [1.54, 1.807) is 31.2 Å². The summed E-state index contributed by atoms with van der Waals surface area (Å²) in [5.74, 6) is 0.353. The Morgan fingerprint density at radius 3 is 2.77 bits per heavy atom. The van der Waals surface area contributed by atoms with Gasteiger partial charge in [-0.1, -0.05) is 6.92 Å². The first-order valence-corrected chi connectivity index (χ1v) is 10.3. The van der Waals surface area contributed by atoms with Crippen LogP contribution in [-0.2, 0) is 10.3 Å². The summed E-state index contributed by atoms with van der Waals surface area (Å²) in [6.45, 7) is 4.67. The maximum atomic E-state index is 13.0. The Bertz CT molecular complexity index is 1050. The molecule has 2 amide bonds. The zero-order chi connectivity index (χ0) is 21.6. The highest BCUT2D eigenvalue weighted by atomic mass is 16.5. The lowest BCUT2D eigenvalue weighted by Gasteiger charge is -2.24. The van der Waals surface area contributed by atoms with Gasteiger partial charge in [-0.15, -0.1) is 0 Å². The van der Waals surface area contributed by atoms with Crippen LogP contribution in [0.4, 0.5) is 0 Å². The molecule has 1 aliphatic heterocycles. The van der Waals surface area contributed by atoms with Crippen LogP contribution in [0.3, 0.4) is 0 Å². The Labute approximate surface area is 176 Å². The number of hydrogen-bond donors (Lipinski definition) is 0. The number of likely N-dealkylation sites (tertiary alicyclic amines) is 1. The van der Waals surface area contributed by atoms with Gasteiger partial charge in [0.2, 0.25) is 5.91 Å². The molecule has 4 rings (SSSR count). The van der Waals surface area contributed by atoms with E-state index in [9.17, 15) is 14.9 Å². The van der Waals surface area contributed by atoms with E-state index in [-0.39, 0.29) is 29.8 Å². The molecular weight excluding hydrogens is 382 g/mol. The molecule has 1 saturated carbocycles. The fourth-order valence-corrected chi connectivity index (χ4v) is 4.10. The number of amides is 2. The maximum Gasteiger partial charge on any atom is 0.254 e. The quantitative estimate of drug-likeness (QED) is 0.756. The molecule has 0 spiro atoms. The van der Waals surface area contributed by atoms with E-state index in [0.29, 0.717) is 24.3 Å². The highest BCUT2D eigenvalue weighted by Gasteiger charge is 2.40. The van der Waals surface area contributed by atoms with Gasteiger partial charge >= 0.3 is 0 Å². The van der Waals surface area contributed by atoms with Crippen molar-refractivity contribution in [1.29, 1.82) is 5.26 Å². The number of hydrogen-bond acceptors (Lipinski definition) is 5. The van der Waals surface area contributed by atoms with Crippen LogP contribution in [0, 0.1) is 17.2 Å². The van der Waals surface area contributed by atoms with Crippen LogP contribution in [0.25, 0.3) is 10.9 Å². The van der Waals surface area contributed by atoms with Crippen molar-refractivity contribution in [3.05, 3.63) is 23.9 Å². The molecule has 2 aromatic rings. The van der Waals surface area contributed by atoms with E-state index in [4.69, 9.17) is 4.74 Å². The number of benzene rings is 1. The zero-order valence-corrected chi connectivity index (χ0v) is 17.9. The number of methoxy groups -OCH3 is 1. The molecule has 1 aromatic heterocycles. The Balaban J connectivity index is 1.55. The number of aromatic nitrogens is 2. The second-order valence-electron chi connectivity index (χ2n) is 8.88. The molecule has 8 heteroatoms. The minimum atomic E-state index is -0.415. The van der Waals surface area contributed by atoms with Crippen LogP contribution in [0.15, 0.2) is 18.3 Å². The molecule has 30 heavy (non-hydrogen) atoms. The number of nitrogens with zero attached hydrogens (tertiary/aromatic N) is 5. The van der Waals surface area contributed by atoms with E-state index in [1.807, 2.05) is 17.8 Å². The first-order chi connectivity index (χ1) is 14.3. The fourth-order valence-electron chi connectivity index (χ4n) is 4.10. The SMILES string of the molecule is COc1cc(C(=O)N(C)CC(=O)N2CC(C)CC2C#N)cc2cn(C3(C)CC3)nc12. The summed E-state index contributed by atoms with van der Waals surface area (Å²) >= 11 is 0. The normalized spacial score (nSPS) is 22.0. The van der Waals surface area contributed by atoms with Gasteiger partial charge in [-0.3, -0.25) is 14.3 Å². The van der Waals surface area contributed by atoms with Gasteiger partial charge < -0.3 is 14.5 Å². The van der Waals surface area contributed by atoms with E-state index in [0.717, 1.165) is 23.7 Å². The van der Waals surface area contributed by atoms with Crippen LogP contribution in [0.5, 0.6) is 5.75 Å². The van der Waals surface area contributed by atoms with Crippen molar-refractivity contribution in [1.82, 2.24) is 19.6 Å². The highest BCUT2D eigenvalue weighted by molar-refractivity contribution is 6.01. The third-order valence-corrected chi connectivity index (χ3v) is 6.27. The third-order valence-electron chi connectivity index (χ3n) is 6.27. The monoisotopic (exact) mass is 409 g/mol. The van der Waals surface area contributed by atoms with Crippen LogP contribution in [-0.4, -0.2) is 64.7 Å². The number of rotatable bonds is 5. The largest absolute Gasteiger partial charge is 0.494 e. The first-order valence-electron chi connectivity index (χ1n) is 10.3. The van der Waals surface area contributed by atoms with Gasteiger partial charge in [0.25, 0.3) is 5.91 Å². The molecule has 0 bridgehead atoms. The minimum absolute atomic E-state index is 0.0432. The average molecular weight is 409 g/mol. The summed E-state index contributed by atoms with van der Waals surface area (Å²) in [7, 11) is 3.16. The van der Waals surface area contributed by atoms with Crippen LogP contribution in [0.1, 0.15) is 43.5 Å². The van der Waals surface area contributed by atoms with Crippen molar-refractivity contribution >= 4 is 22.7 Å². The van der Waals surface area contributed by atoms with Gasteiger partial charge in [-0.2, -0.15) is 10.4 Å². The fraction of sp³-hybridized carbons (Fsp3) is 0.545. The molecular formula is C22H27N5O3. The molecule has 2 atom stereocenters. The molecule has 2 fully saturated rings. The summed E-state index contributed by atoms with van der Waals surface area (Å²) in [5.41, 5.74) is 1.22. The van der Waals surface area contributed by atoms with Crippen LogP contribution >= 0.6 is 0 Å². The molecule has 158 valence electrons. The van der Waals surface area contributed by atoms with Gasteiger partial charge in [0.1, 0.15) is 17.3 Å². The number of carbonyl (C=O) groups excluding carboxylic acids is 2. The van der Waals surface area contributed by atoms with Crippen molar-refractivity contribution in [2.45, 2.75) is 44.7 Å². The van der Waals surface area contributed by atoms with Crippen molar-refractivity contribution in [3.8, 4) is 11.8 Å². The molecule has 2 aliphatic rings. The van der Waals surface area contributed by atoms with Crippen molar-refractivity contribution in [3.63, 3.8) is 0 Å². The first kappa shape index (κ1) is 20.2. The van der Waals surface area contributed by atoms with E-state index < -0.39 is 6.04 Å². The van der Waals surface area contributed by atoms with Crippen molar-refractivity contribution in [2.75, 3.05) is 27.2 Å². The Morgan fingerprint density at radius 2 is 2.13 bits per heavy atom. The van der Waals surface area contributed by atoms with Gasteiger partial charge in [0, 0.05) is 30.7 Å². The molecule has 2 unspecified atom stereocenters. The number of carbonyl (C=O) groups is 2. The maximum absolute atomic E-state index is 13.0. The van der Waals surface area contributed by atoms with E-state index in [1.165, 1.54) is 4.90 Å². The van der Waals surface area contributed by atoms with Gasteiger partial charge in [-0.25, -0.2) is 0 Å². The summed E-state index contributed by atoms with van der Waals surface area (Å²) in [5, 5.41) is 14.8.